The van der Waals surface area contributed by atoms with Crippen LogP contribution in [-0.4, -0.2) is 107 Å². The molecule has 3 aliphatic rings. The fourth-order valence-electron chi connectivity index (χ4n) is 5.79. The van der Waals surface area contributed by atoms with Gasteiger partial charge in [0.25, 0.3) is 0 Å². The molecule has 12 heteroatoms. The largest absolute Gasteiger partial charge is 0.490 e. The number of amides is 3. The first-order valence-corrected chi connectivity index (χ1v) is 12.0. The number of rotatable bonds is 3. The lowest BCUT2D eigenvalue weighted by atomic mass is 9.60. The van der Waals surface area contributed by atoms with Crippen molar-refractivity contribution in [3.05, 3.63) is 30.1 Å². The van der Waals surface area contributed by atoms with Crippen LogP contribution in [-0.2, 0) is 16.1 Å². The van der Waals surface area contributed by atoms with Crippen LogP contribution in [0.15, 0.2) is 24.5 Å². The summed E-state index contributed by atoms with van der Waals surface area (Å²) in [5.74, 6) is -2.48. The van der Waals surface area contributed by atoms with E-state index in [0.29, 0.717) is 13.1 Å². The third-order valence-corrected chi connectivity index (χ3v) is 7.69. The molecule has 4 heterocycles. The molecular weight excluding hydrogens is 479 g/mol. The average Bonchev–Trinajstić information content (AvgIpc) is 3.33. The summed E-state index contributed by atoms with van der Waals surface area (Å²) in [4.78, 5) is 47.4. The predicted octanol–water partition coefficient (Wildman–Crippen LogP) is 2.53. The standard InChI is InChI=1S/C22H33N5O2.C2HF3O2/c1-4-26-13-9-22(19(26)28)17-27(20(29)24(2)3)16-21(22)7-11-25(12-8-21)15-18-6-5-10-23-14-18;3-2(4,5)1(6)7/h5-6,10,14H,4,7-9,11-13,15-17H2,1-3H3;(H,6,7). The van der Waals surface area contributed by atoms with Gasteiger partial charge in [0, 0.05) is 64.6 Å². The van der Waals surface area contributed by atoms with Crippen LogP contribution in [0.25, 0.3) is 0 Å². The third-order valence-electron chi connectivity index (χ3n) is 7.69. The van der Waals surface area contributed by atoms with Gasteiger partial charge < -0.3 is 19.8 Å². The number of urea groups is 1. The highest BCUT2D eigenvalue weighted by Crippen LogP contribution is 2.58. The number of likely N-dealkylation sites (tertiary alicyclic amines) is 3. The number of nitrogens with zero attached hydrogens (tertiary/aromatic N) is 5. The van der Waals surface area contributed by atoms with Gasteiger partial charge >= 0.3 is 18.2 Å². The zero-order valence-electron chi connectivity index (χ0n) is 20.9. The Labute approximate surface area is 208 Å². The molecule has 1 atom stereocenters. The highest BCUT2D eigenvalue weighted by atomic mass is 19.4. The quantitative estimate of drug-likeness (QED) is 0.667. The van der Waals surface area contributed by atoms with E-state index < -0.39 is 17.6 Å². The molecule has 3 fully saturated rings. The monoisotopic (exact) mass is 513 g/mol. The third kappa shape index (κ3) is 5.42. The Hall–Kier alpha value is -2.89. The number of aliphatic carboxylic acids is 1. The fraction of sp³-hybridized carbons (Fsp3) is 0.667. The Morgan fingerprint density at radius 2 is 1.78 bits per heavy atom. The van der Waals surface area contributed by atoms with Gasteiger partial charge in [0.15, 0.2) is 0 Å². The molecule has 2 spiro atoms. The highest BCUT2D eigenvalue weighted by Gasteiger charge is 2.65. The summed E-state index contributed by atoms with van der Waals surface area (Å²) in [6.07, 6.45) is 1.46. The van der Waals surface area contributed by atoms with Crippen LogP contribution in [0.5, 0.6) is 0 Å². The van der Waals surface area contributed by atoms with Crippen LogP contribution in [0.1, 0.15) is 31.7 Å². The Morgan fingerprint density at radius 1 is 1.14 bits per heavy atom. The van der Waals surface area contributed by atoms with Gasteiger partial charge in [-0.2, -0.15) is 13.2 Å². The van der Waals surface area contributed by atoms with Gasteiger partial charge in [0.05, 0.1) is 5.41 Å². The zero-order chi connectivity index (χ0) is 26.7. The number of carbonyl (C=O) groups excluding carboxylic acids is 2. The summed E-state index contributed by atoms with van der Waals surface area (Å²) in [6.45, 7) is 7.71. The van der Waals surface area contributed by atoms with Gasteiger partial charge in [-0.25, -0.2) is 9.59 Å². The smallest absolute Gasteiger partial charge is 0.475 e. The first-order chi connectivity index (χ1) is 16.8. The number of carboxylic acids is 1. The highest BCUT2D eigenvalue weighted by molar-refractivity contribution is 5.88. The van der Waals surface area contributed by atoms with E-state index in [1.165, 1.54) is 5.56 Å². The molecule has 3 amide bonds. The number of aromatic nitrogens is 1. The lowest BCUT2D eigenvalue weighted by molar-refractivity contribution is -0.192. The summed E-state index contributed by atoms with van der Waals surface area (Å²) in [5.41, 5.74) is 0.711. The van der Waals surface area contributed by atoms with Crippen molar-refractivity contribution in [2.45, 2.75) is 38.9 Å². The minimum atomic E-state index is -5.08. The van der Waals surface area contributed by atoms with E-state index in [1.807, 2.05) is 22.1 Å². The Kier molecular flexibility index (Phi) is 8.17. The Balaban J connectivity index is 0.000000454. The Bertz CT molecular complexity index is 951. The van der Waals surface area contributed by atoms with Crippen molar-refractivity contribution >= 4 is 17.9 Å². The van der Waals surface area contributed by atoms with Crippen LogP contribution < -0.4 is 0 Å². The van der Waals surface area contributed by atoms with Crippen molar-refractivity contribution in [2.24, 2.45) is 10.8 Å². The molecule has 1 unspecified atom stereocenters. The topological polar surface area (TPSA) is 97.3 Å². The minimum Gasteiger partial charge on any atom is -0.475 e. The van der Waals surface area contributed by atoms with Crippen LogP contribution in [0.4, 0.5) is 18.0 Å². The van der Waals surface area contributed by atoms with E-state index in [1.54, 1.807) is 25.2 Å². The number of carbonyl (C=O) groups is 3. The number of halogens is 3. The average molecular weight is 514 g/mol. The molecule has 200 valence electrons. The molecule has 1 N–H and O–H groups in total. The first-order valence-electron chi connectivity index (χ1n) is 12.0. The fourth-order valence-corrected chi connectivity index (χ4v) is 5.79. The van der Waals surface area contributed by atoms with Crippen molar-refractivity contribution < 1.29 is 32.7 Å². The molecular formula is C24H34F3N5O4. The second kappa shape index (κ2) is 10.6. The summed E-state index contributed by atoms with van der Waals surface area (Å²) >= 11 is 0. The van der Waals surface area contributed by atoms with E-state index in [2.05, 4.69) is 22.9 Å². The molecule has 1 aromatic heterocycles. The van der Waals surface area contributed by atoms with E-state index in [0.717, 1.165) is 52.0 Å². The van der Waals surface area contributed by atoms with Crippen molar-refractivity contribution in [3.8, 4) is 0 Å². The molecule has 0 saturated carbocycles. The molecule has 36 heavy (non-hydrogen) atoms. The van der Waals surface area contributed by atoms with Gasteiger partial charge in [-0.1, -0.05) is 6.07 Å². The van der Waals surface area contributed by atoms with Gasteiger partial charge in [-0.15, -0.1) is 0 Å². The van der Waals surface area contributed by atoms with E-state index >= 15 is 0 Å². The summed E-state index contributed by atoms with van der Waals surface area (Å²) in [7, 11) is 3.59. The van der Waals surface area contributed by atoms with Crippen molar-refractivity contribution in [1.82, 2.24) is 24.6 Å². The van der Waals surface area contributed by atoms with Crippen LogP contribution in [0, 0.1) is 10.8 Å². The van der Waals surface area contributed by atoms with Crippen molar-refractivity contribution in [1.29, 1.82) is 0 Å². The van der Waals surface area contributed by atoms with Crippen LogP contribution in [0.2, 0.25) is 0 Å². The summed E-state index contributed by atoms with van der Waals surface area (Å²) in [6, 6.07) is 4.13. The SMILES string of the molecule is CCN1CCC2(CN(C(=O)N(C)C)CC23CCN(Cc2cccnc2)CC3)C1=O.O=C(O)C(F)(F)F. The maximum absolute atomic E-state index is 13.5. The summed E-state index contributed by atoms with van der Waals surface area (Å²) < 4.78 is 31.7. The second-order valence-corrected chi connectivity index (χ2v) is 9.97. The predicted molar refractivity (Wildman–Crippen MR) is 125 cm³/mol. The lowest BCUT2D eigenvalue weighted by Gasteiger charge is -2.46. The molecule has 3 saturated heterocycles. The number of piperidine rings is 1. The van der Waals surface area contributed by atoms with Crippen LogP contribution in [0.3, 0.4) is 0 Å². The molecule has 0 bridgehead atoms. The molecule has 9 nitrogen and oxygen atoms in total. The number of alkyl halides is 3. The van der Waals surface area contributed by atoms with Gasteiger partial charge in [-0.05, 0) is 50.9 Å². The molecule has 1 aromatic rings. The maximum Gasteiger partial charge on any atom is 0.490 e. The molecule has 0 radical (unpaired) electrons. The minimum absolute atomic E-state index is 0.0294. The number of hydrogen-bond acceptors (Lipinski definition) is 5. The van der Waals surface area contributed by atoms with Gasteiger partial charge in [0.2, 0.25) is 5.91 Å². The van der Waals surface area contributed by atoms with Gasteiger partial charge in [-0.3, -0.25) is 14.7 Å². The number of hydrogen-bond donors (Lipinski definition) is 1. The van der Waals surface area contributed by atoms with E-state index in [-0.39, 0.29) is 17.4 Å². The second-order valence-electron chi connectivity index (χ2n) is 9.97. The molecule has 0 aliphatic carbocycles. The zero-order valence-corrected chi connectivity index (χ0v) is 20.9. The van der Waals surface area contributed by atoms with Crippen LogP contribution >= 0.6 is 0 Å². The van der Waals surface area contributed by atoms with Gasteiger partial charge in [0.1, 0.15) is 0 Å². The van der Waals surface area contributed by atoms with Crippen molar-refractivity contribution in [3.63, 3.8) is 0 Å². The first kappa shape index (κ1) is 27.7. The van der Waals surface area contributed by atoms with Crippen molar-refractivity contribution in [2.75, 3.05) is 53.4 Å². The van der Waals surface area contributed by atoms with E-state index in [9.17, 15) is 22.8 Å². The lowest BCUT2D eigenvalue weighted by Crippen LogP contribution is -2.52. The molecule has 0 aromatic carbocycles. The van der Waals surface area contributed by atoms with E-state index in [4.69, 9.17) is 9.90 Å². The number of carboxylic acid groups (broad SMARTS) is 1. The summed E-state index contributed by atoms with van der Waals surface area (Å²) in [5, 5.41) is 7.12. The normalized spacial score (nSPS) is 23.7. The number of pyridine rings is 1. The number of fused-ring (bicyclic) bond motifs is 1. The maximum atomic E-state index is 13.5. The Morgan fingerprint density at radius 3 is 2.25 bits per heavy atom. The molecule has 4 rings (SSSR count). The molecule has 3 aliphatic heterocycles.